The minimum absolute atomic E-state index is 0.776. The second-order valence-electron chi connectivity index (χ2n) is 18.4. The molecule has 0 aromatic heterocycles. The Balaban J connectivity index is 5.67. The summed E-state index contributed by atoms with van der Waals surface area (Å²) in [5, 5.41) is 56.4. The molecule has 0 aliphatic rings. The van der Waals surface area contributed by atoms with Gasteiger partial charge in [0.05, 0.1) is 32.5 Å². The first-order valence-corrected chi connectivity index (χ1v) is 27.7. The molecule has 0 aliphatic heterocycles. The monoisotopic (exact) mass is 1240 g/mol. The van der Waals surface area contributed by atoms with Crippen LogP contribution in [0.4, 0.5) is 0 Å². The number of aliphatic hydroxyl groups excluding tert-OH is 2. The number of phosphoric ester groups is 2. The average molecular weight is 1240 g/mol. The van der Waals surface area contributed by atoms with Gasteiger partial charge in [-0.2, -0.15) is 0 Å². The Hall–Kier alpha value is -7.32. The Kier molecular flexibility index (Phi) is 31.9. The lowest BCUT2D eigenvalue weighted by atomic mass is 10.2. The van der Waals surface area contributed by atoms with Crippen LogP contribution in [0, 0.1) is 0 Å². The molecular formula is C42H74N14O25P2. The zero-order valence-electron chi connectivity index (χ0n) is 46.4. The molecule has 0 fully saturated rings. The molecule has 472 valence electrons. The first kappa shape index (κ1) is 75.7. The van der Waals surface area contributed by atoms with E-state index < -0.39 is 209 Å². The molecule has 0 aliphatic carbocycles. The van der Waals surface area contributed by atoms with E-state index in [0.29, 0.717) is 0 Å². The van der Waals surface area contributed by atoms with Gasteiger partial charge >= 0.3 is 21.6 Å². The van der Waals surface area contributed by atoms with Crippen molar-refractivity contribution in [1.29, 1.82) is 0 Å². The molecule has 41 heteroatoms. The second-order valence-corrected chi connectivity index (χ2v) is 20.9. The van der Waals surface area contributed by atoms with Crippen molar-refractivity contribution >= 4 is 98.4 Å². The number of aliphatic hydroxyl groups is 2. The molecule has 0 rings (SSSR count). The fourth-order valence-electron chi connectivity index (χ4n) is 5.82. The van der Waals surface area contributed by atoms with Gasteiger partial charge in [-0.1, -0.05) is 0 Å². The maximum atomic E-state index is 13.3. The van der Waals surface area contributed by atoms with E-state index in [0.717, 1.165) is 41.5 Å². The van der Waals surface area contributed by atoms with Gasteiger partial charge < -0.3 is 110 Å². The van der Waals surface area contributed by atoms with Gasteiger partial charge in [0.1, 0.15) is 78.5 Å². The van der Waals surface area contributed by atoms with Crippen LogP contribution in [0.15, 0.2) is 0 Å². The number of phosphoric acid groups is 2. The standard InChI is InChI=1S/C42H74N14O25P2/c1-15(43)29(59)44-20(6)36(66)55-27(13-80-82(74,75)76)40(70)51-18(4)32(62)47-23(9)37(67)56-28(14-81-83(77,78)79)41(71)50-17(3)31(61)46-22(8)35(65)53-25(11-57)38(68)48-16(2)30(60)45-21(7)34(64)54-26(12-58)39(69)49-19(5)33(63)52-24(10)42(72)73/h15-28,57-58H,11-14,43H2,1-10H3,(H,44,59)(H,45,60)(H,46,61)(H,47,62)(H,48,68)(H,49,69)(H,50,71)(H,51,70)(H,52,63)(H,53,65)(H,54,64)(H,55,66)(H,56,67)(H,72,73)(H2,74,75,76)(H2,77,78,79)/t15-,16-,17-,18-,19-,20-,21-,22-,23-,24-,25-,26-,27-,28-/m0/s1. The van der Waals surface area contributed by atoms with E-state index in [9.17, 15) is 96.3 Å². The minimum Gasteiger partial charge on any atom is -0.480 e. The van der Waals surface area contributed by atoms with Crippen LogP contribution in [-0.2, 0) is 85.3 Å². The van der Waals surface area contributed by atoms with Gasteiger partial charge in [-0.15, -0.1) is 0 Å². The molecule has 83 heavy (non-hydrogen) atoms. The minimum atomic E-state index is -5.35. The number of amides is 13. The van der Waals surface area contributed by atoms with Gasteiger partial charge in [-0.05, 0) is 69.2 Å². The fraction of sp³-hybridized carbons (Fsp3) is 0.667. The van der Waals surface area contributed by atoms with Crippen molar-refractivity contribution in [1.82, 2.24) is 69.1 Å². The van der Waals surface area contributed by atoms with Crippen molar-refractivity contribution < 1.29 is 120 Å². The summed E-state index contributed by atoms with van der Waals surface area (Å²) in [6.45, 7) is 6.90. The molecule has 14 atom stereocenters. The van der Waals surface area contributed by atoms with E-state index in [2.05, 4.69) is 72.8 Å². The van der Waals surface area contributed by atoms with Crippen LogP contribution in [0.5, 0.6) is 0 Å². The van der Waals surface area contributed by atoms with E-state index in [1.807, 2.05) is 5.32 Å². The highest BCUT2D eigenvalue weighted by Crippen LogP contribution is 2.36. The number of carbonyl (C=O) groups excluding carboxylic acids is 13. The number of carbonyl (C=O) groups is 14. The van der Waals surface area contributed by atoms with E-state index in [1.54, 1.807) is 0 Å². The summed E-state index contributed by atoms with van der Waals surface area (Å²) in [5.41, 5.74) is 5.45. The molecule has 0 unspecified atom stereocenters. The molecule has 13 amide bonds. The van der Waals surface area contributed by atoms with Gasteiger partial charge in [0.2, 0.25) is 76.8 Å². The van der Waals surface area contributed by atoms with E-state index in [1.165, 1.54) is 27.7 Å². The maximum Gasteiger partial charge on any atom is 0.469 e. The summed E-state index contributed by atoms with van der Waals surface area (Å²) in [6, 6.07) is -21.7. The number of aliphatic carboxylic acids is 1. The number of nitrogens with one attached hydrogen (secondary N) is 13. The predicted octanol–water partition coefficient (Wildman–Crippen LogP) is -10.9. The molecule has 0 aromatic rings. The van der Waals surface area contributed by atoms with Gasteiger partial charge in [-0.3, -0.25) is 76.2 Å². The Morgan fingerprint density at radius 2 is 0.506 bits per heavy atom. The number of nitrogens with two attached hydrogens (primary N) is 1. The van der Waals surface area contributed by atoms with Crippen LogP contribution in [0.1, 0.15) is 69.2 Å². The zero-order chi connectivity index (χ0) is 64.6. The molecule has 0 heterocycles. The summed E-state index contributed by atoms with van der Waals surface area (Å²) >= 11 is 0. The van der Waals surface area contributed by atoms with Gasteiger partial charge in [0.15, 0.2) is 0 Å². The Labute approximate surface area is 472 Å². The molecule has 0 aromatic carbocycles. The van der Waals surface area contributed by atoms with Crippen molar-refractivity contribution in [2.45, 2.75) is 154 Å². The lowest BCUT2D eigenvalue weighted by Gasteiger charge is -2.25. The highest BCUT2D eigenvalue weighted by molar-refractivity contribution is 7.46. The molecule has 0 spiro atoms. The van der Waals surface area contributed by atoms with Crippen LogP contribution in [-0.4, -0.2) is 229 Å². The van der Waals surface area contributed by atoms with Crippen molar-refractivity contribution in [3.8, 4) is 0 Å². The average Bonchev–Trinajstić information content (AvgIpc) is 3.38. The van der Waals surface area contributed by atoms with E-state index >= 15 is 0 Å². The van der Waals surface area contributed by atoms with E-state index in [4.69, 9.17) is 20.6 Å². The third-order valence-electron chi connectivity index (χ3n) is 10.9. The second kappa shape index (κ2) is 35.0. The van der Waals surface area contributed by atoms with Crippen LogP contribution >= 0.6 is 15.6 Å². The fourth-order valence-corrected chi connectivity index (χ4v) is 6.51. The highest BCUT2D eigenvalue weighted by atomic mass is 31.2. The molecule has 0 radical (unpaired) electrons. The Morgan fingerprint density at radius 3 is 0.711 bits per heavy atom. The summed E-state index contributed by atoms with van der Waals surface area (Å²) in [6.07, 6.45) is 0. The van der Waals surface area contributed by atoms with Crippen molar-refractivity contribution in [3.63, 3.8) is 0 Å². The summed E-state index contributed by atoms with van der Waals surface area (Å²) in [5.74, 6) is -15.6. The van der Waals surface area contributed by atoms with E-state index in [-0.39, 0.29) is 0 Å². The van der Waals surface area contributed by atoms with Crippen molar-refractivity contribution in [2.75, 3.05) is 26.4 Å². The lowest BCUT2D eigenvalue weighted by Crippen LogP contribution is -2.60. The number of carboxylic acids is 1. The zero-order valence-corrected chi connectivity index (χ0v) is 48.2. The third kappa shape index (κ3) is 29.0. The molecule has 0 saturated heterocycles. The third-order valence-corrected chi connectivity index (χ3v) is 11.8. The molecule has 0 saturated carbocycles. The number of carboxylic acid groups (broad SMARTS) is 1. The molecule has 39 nitrogen and oxygen atoms in total. The summed E-state index contributed by atoms with van der Waals surface area (Å²) in [7, 11) is -10.6. The SMILES string of the molecule is C[C@H](N)C(=O)N[C@@H](C)C(=O)N[C@@H](COP(=O)(O)O)C(=O)N[C@@H](C)C(=O)N[C@@H](C)C(=O)N[C@@H](COP(=O)(O)O)C(=O)N[C@@H](C)C(=O)N[C@@H](C)C(=O)N[C@@H](CO)C(=O)N[C@@H](C)C(=O)N[C@@H](C)C(=O)N[C@@H](CO)C(=O)N[C@@H](C)C(=O)N[C@@H](C)C(=O)O. The largest absolute Gasteiger partial charge is 0.480 e. The van der Waals surface area contributed by atoms with Crippen LogP contribution < -0.4 is 74.9 Å². The summed E-state index contributed by atoms with van der Waals surface area (Å²) < 4.78 is 31.6. The number of hydrogen-bond acceptors (Lipinski definition) is 21. The Bertz CT molecular complexity index is 2480. The highest BCUT2D eigenvalue weighted by Gasteiger charge is 2.35. The predicted molar refractivity (Wildman–Crippen MR) is 278 cm³/mol. The number of hydrogen-bond donors (Lipinski definition) is 21. The quantitative estimate of drug-likeness (QED) is 0.0262. The first-order chi connectivity index (χ1) is 38.0. The van der Waals surface area contributed by atoms with Crippen LogP contribution in [0.3, 0.4) is 0 Å². The maximum absolute atomic E-state index is 13.3. The molecule has 22 N–H and O–H groups in total. The van der Waals surface area contributed by atoms with Crippen LogP contribution in [0.25, 0.3) is 0 Å². The van der Waals surface area contributed by atoms with Crippen molar-refractivity contribution in [3.05, 3.63) is 0 Å². The van der Waals surface area contributed by atoms with Gasteiger partial charge in [0.25, 0.3) is 0 Å². The smallest absolute Gasteiger partial charge is 0.469 e. The van der Waals surface area contributed by atoms with Gasteiger partial charge in [-0.25, -0.2) is 9.13 Å². The number of rotatable bonds is 35. The van der Waals surface area contributed by atoms with Crippen LogP contribution in [0.2, 0.25) is 0 Å². The lowest BCUT2D eigenvalue weighted by molar-refractivity contribution is -0.141. The molecule has 0 bridgehead atoms. The Morgan fingerprint density at radius 1 is 0.325 bits per heavy atom. The topological polar surface area (TPSA) is 616 Å². The normalized spacial score (nSPS) is 16.4. The summed E-state index contributed by atoms with van der Waals surface area (Å²) in [4.78, 5) is 215. The molecular weight excluding hydrogens is 1160 g/mol. The van der Waals surface area contributed by atoms with Gasteiger partial charge in [0, 0.05) is 0 Å². The first-order valence-electron chi connectivity index (χ1n) is 24.6. The van der Waals surface area contributed by atoms with Crippen molar-refractivity contribution in [2.24, 2.45) is 5.73 Å².